The van der Waals surface area contributed by atoms with Crippen molar-refractivity contribution in [1.29, 1.82) is 0 Å². The van der Waals surface area contributed by atoms with E-state index in [-0.39, 0.29) is 11.5 Å². The number of hydrogen-bond donors (Lipinski definition) is 1. The Morgan fingerprint density at radius 3 is 2.71 bits per heavy atom. The number of halogens is 1. The van der Waals surface area contributed by atoms with Crippen molar-refractivity contribution in [1.82, 2.24) is 5.48 Å². The minimum Gasteiger partial charge on any atom is -0.311 e. The van der Waals surface area contributed by atoms with Crippen molar-refractivity contribution in [2.24, 2.45) is 0 Å². The molecule has 0 fully saturated rings. The molecule has 0 rings (SSSR count). The highest BCUT2D eigenvalue weighted by Crippen LogP contribution is 2.47. The zero-order chi connectivity index (χ0) is 11.2. The number of carbonyl (C=O) groups excluding carboxylic acids is 1. The lowest BCUT2D eigenvalue weighted by Crippen LogP contribution is -2.22. The molecular weight excluding hydrogens is 229 g/mol. The van der Waals surface area contributed by atoms with Gasteiger partial charge in [0.15, 0.2) is 0 Å². The molecule has 1 amide bonds. The van der Waals surface area contributed by atoms with E-state index >= 15 is 0 Å². The molecule has 2 unspecified atom stereocenters. The highest BCUT2D eigenvalue weighted by Gasteiger charge is 2.26. The Labute approximate surface area is 87.9 Å². The number of rotatable bonds is 6. The first-order valence-electron chi connectivity index (χ1n) is 3.83. The third-order valence-corrected chi connectivity index (χ3v) is 3.51. The van der Waals surface area contributed by atoms with Crippen molar-refractivity contribution >= 4 is 25.1 Å². The minimum absolute atomic E-state index is 0.0163. The van der Waals surface area contributed by atoms with E-state index in [0.29, 0.717) is 0 Å². The van der Waals surface area contributed by atoms with Crippen LogP contribution in [0.25, 0.3) is 0 Å². The normalized spacial score (nSPS) is 16.8. The molecule has 0 aliphatic rings. The summed E-state index contributed by atoms with van der Waals surface area (Å²) in [5, 5.41) is -0.374. The van der Waals surface area contributed by atoms with Gasteiger partial charge in [0.1, 0.15) is 0 Å². The number of alkyl halides is 1. The van der Waals surface area contributed by atoms with E-state index in [9.17, 15) is 9.36 Å². The summed E-state index contributed by atoms with van der Waals surface area (Å²) in [7, 11) is -2.11. The molecule has 2 atom stereocenters. The van der Waals surface area contributed by atoms with Gasteiger partial charge < -0.3 is 4.52 Å². The van der Waals surface area contributed by atoms with Crippen molar-refractivity contribution < 1.29 is 18.5 Å². The predicted octanol–water partition coefficient (Wildman–Crippen LogP) is 1.69. The van der Waals surface area contributed by atoms with Crippen molar-refractivity contribution in [3.8, 4) is 0 Å². The quantitative estimate of drug-likeness (QED) is 0.333. The first-order valence-corrected chi connectivity index (χ1v) is 6.00. The first kappa shape index (κ1) is 13.7. The zero-order valence-electron chi connectivity index (χ0n) is 8.03. The third-order valence-electron chi connectivity index (χ3n) is 1.22. The summed E-state index contributed by atoms with van der Waals surface area (Å²) in [6, 6.07) is 0. The van der Waals surface area contributed by atoms with E-state index < -0.39 is 13.5 Å². The molecule has 0 bridgehead atoms. The molecule has 82 valence electrons. The van der Waals surface area contributed by atoms with E-state index in [1.807, 2.05) is 5.48 Å². The summed E-state index contributed by atoms with van der Waals surface area (Å²) >= 11 is 5.63. The Morgan fingerprint density at radius 1 is 1.79 bits per heavy atom. The molecule has 14 heavy (non-hydrogen) atoms. The number of nitrogens with one attached hydrogen (secondary N) is 1. The number of amides is 1. The van der Waals surface area contributed by atoms with Crippen molar-refractivity contribution in [3.63, 3.8) is 0 Å². The second kappa shape index (κ2) is 6.19. The van der Waals surface area contributed by atoms with Crippen LogP contribution >= 0.6 is 19.2 Å². The second-order valence-electron chi connectivity index (χ2n) is 2.52. The van der Waals surface area contributed by atoms with Crippen LogP contribution in [0.4, 0.5) is 0 Å². The molecular formula is C7H13ClNO4P. The van der Waals surface area contributed by atoms with Crippen LogP contribution in [0.2, 0.25) is 0 Å². The summed E-state index contributed by atoms with van der Waals surface area (Å²) < 4.78 is 20.9. The molecule has 0 aromatic carbocycles. The maximum absolute atomic E-state index is 11.6. The summed E-state index contributed by atoms with van der Waals surface area (Å²) in [6.45, 7) is 4.84. The van der Waals surface area contributed by atoms with Gasteiger partial charge in [0.25, 0.3) is 5.91 Å². The number of carbonyl (C=O) groups is 1. The summed E-state index contributed by atoms with van der Waals surface area (Å²) in [5.74, 6) is -0.593. The maximum Gasteiger partial charge on any atom is 0.353 e. The van der Waals surface area contributed by atoms with Crippen LogP contribution in [-0.2, 0) is 18.5 Å². The van der Waals surface area contributed by atoms with E-state index in [2.05, 4.69) is 15.7 Å². The highest BCUT2D eigenvalue weighted by molar-refractivity contribution is 7.53. The van der Waals surface area contributed by atoms with Crippen molar-refractivity contribution in [3.05, 3.63) is 12.7 Å². The Hall–Kier alpha value is -0.350. The molecule has 0 aromatic heterocycles. The van der Waals surface area contributed by atoms with Gasteiger partial charge in [-0.25, -0.2) is 5.48 Å². The van der Waals surface area contributed by atoms with Gasteiger partial charge in [-0.1, -0.05) is 6.58 Å². The SMILES string of the molecule is C=CC(=O)NOP(=O)(CC(C)Cl)OC. The lowest BCUT2D eigenvalue weighted by Gasteiger charge is -2.16. The lowest BCUT2D eigenvalue weighted by atomic mass is 10.6. The van der Waals surface area contributed by atoms with Crippen LogP contribution in [0, 0.1) is 0 Å². The topological polar surface area (TPSA) is 64.6 Å². The number of hydrogen-bond acceptors (Lipinski definition) is 4. The predicted molar refractivity (Wildman–Crippen MR) is 54.2 cm³/mol. The fourth-order valence-corrected chi connectivity index (χ4v) is 2.26. The van der Waals surface area contributed by atoms with Gasteiger partial charge in [-0.2, -0.15) is 4.62 Å². The molecule has 0 saturated heterocycles. The van der Waals surface area contributed by atoms with Gasteiger partial charge >= 0.3 is 7.60 Å². The van der Waals surface area contributed by atoms with E-state index in [1.54, 1.807) is 6.92 Å². The molecule has 0 aliphatic heterocycles. The smallest absolute Gasteiger partial charge is 0.311 e. The average molecular weight is 242 g/mol. The van der Waals surface area contributed by atoms with Gasteiger partial charge in [0.2, 0.25) is 0 Å². The van der Waals surface area contributed by atoms with Crippen LogP contribution in [-0.4, -0.2) is 24.6 Å². The van der Waals surface area contributed by atoms with Crippen LogP contribution in [0.3, 0.4) is 0 Å². The largest absolute Gasteiger partial charge is 0.353 e. The monoisotopic (exact) mass is 241 g/mol. The molecule has 0 radical (unpaired) electrons. The molecule has 0 aromatic rings. The van der Waals surface area contributed by atoms with E-state index in [4.69, 9.17) is 11.6 Å². The highest BCUT2D eigenvalue weighted by atomic mass is 35.5. The molecule has 0 heterocycles. The fraction of sp³-hybridized carbons (Fsp3) is 0.571. The lowest BCUT2D eigenvalue weighted by molar-refractivity contribution is -0.123. The Morgan fingerprint density at radius 2 is 2.36 bits per heavy atom. The molecule has 7 heteroatoms. The van der Waals surface area contributed by atoms with Gasteiger partial charge in [-0.15, -0.1) is 11.6 Å². The zero-order valence-corrected chi connectivity index (χ0v) is 9.68. The maximum atomic E-state index is 11.6. The van der Waals surface area contributed by atoms with E-state index in [0.717, 1.165) is 6.08 Å². The van der Waals surface area contributed by atoms with Gasteiger partial charge in [0.05, 0.1) is 6.16 Å². The van der Waals surface area contributed by atoms with Gasteiger partial charge in [-0.05, 0) is 13.0 Å². The Kier molecular flexibility index (Phi) is 6.04. The molecule has 0 saturated carbocycles. The van der Waals surface area contributed by atoms with Crippen LogP contribution in [0.1, 0.15) is 6.92 Å². The standard InChI is InChI=1S/C7H13ClNO4P/c1-4-7(10)9-13-14(11,12-3)5-6(2)8/h4,6H,1,5H2,2-3H3,(H,9,10). The van der Waals surface area contributed by atoms with E-state index in [1.165, 1.54) is 7.11 Å². The minimum atomic E-state index is -3.34. The fourth-order valence-electron chi connectivity index (χ4n) is 0.613. The van der Waals surface area contributed by atoms with Gasteiger partial charge in [0, 0.05) is 12.5 Å². The van der Waals surface area contributed by atoms with Crippen molar-refractivity contribution in [2.75, 3.05) is 13.3 Å². The molecule has 0 spiro atoms. The second-order valence-corrected chi connectivity index (χ2v) is 5.40. The van der Waals surface area contributed by atoms with Crippen LogP contribution in [0.15, 0.2) is 12.7 Å². The van der Waals surface area contributed by atoms with Crippen LogP contribution in [0.5, 0.6) is 0 Å². The van der Waals surface area contributed by atoms with Gasteiger partial charge in [-0.3, -0.25) is 9.36 Å². The summed E-state index contributed by atoms with van der Waals surface area (Å²) in [5.41, 5.74) is 1.93. The average Bonchev–Trinajstić information content (AvgIpc) is 2.13. The van der Waals surface area contributed by atoms with Crippen molar-refractivity contribution in [2.45, 2.75) is 12.3 Å². The molecule has 0 aliphatic carbocycles. The molecule has 1 N–H and O–H groups in total. The third kappa shape index (κ3) is 5.40. The van der Waals surface area contributed by atoms with Crippen LogP contribution < -0.4 is 5.48 Å². The molecule has 5 nitrogen and oxygen atoms in total. The Bertz CT molecular complexity index is 256. The Balaban J connectivity index is 4.19. The first-order chi connectivity index (χ1) is 6.43. The summed E-state index contributed by atoms with van der Waals surface area (Å²) in [6.07, 6.45) is 1.01. The number of hydroxylamine groups is 1. The summed E-state index contributed by atoms with van der Waals surface area (Å²) in [4.78, 5) is 10.7.